The fourth-order valence-corrected chi connectivity index (χ4v) is 3.25. The van der Waals surface area contributed by atoms with E-state index >= 15 is 0 Å². The highest BCUT2D eigenvalue weighted by atomic mass is 16.2. The zero-order chi connectivity index (χ0) is 20.8. The number of anilines is 1. The minimum absolute atomic E-state index is 0.0207. The Labute approximate surface area is 175 Å². The molecule has 0 bridgehead atoms. The van der Waals surface area contributed by atoms with Crippen molar-refractivity contribution in [1.82, 2.24) is 14.9 Å². The van der Waals surface area contributed by atoms with Crippen LogP contribution in [0.2, 0.25) is 0 Å². The summed E-state index contributed by atoms with van der Waals surface area (Å²) in [6.45, 7) is 2.59. The lowest BCUT2D eigenvalue weighted by Gasteiger charge is -2.35. The van der Waals surface area contributed by atoms with Gasteiger partial charge in [0, 0.05) is 49.7 Å². The minimum Gasteiger partial charge on any atom is -0.353 e. The zero-order valence-electron chi connectivity index (χ0n) is 16.3. The first-order chi connectivity index (χ1) is 14.7. The Morgan fingerprint density at radius 1 is 0.900 bits per heavy atom. The Hall–Kier alpha value is -4.16. The van der Waals surface area contributed by atoms with E-state index in [2.05, 4.69) is 32.8 Å². The van der Waals surface area contributed by atoms with Crippen molar-refractivity contribution in [2.75, 3.05) is 31.1 Å². The molecule has 3 aromatic rings. The topological polar surface area (TPSA) is 73.1 Å². The van der Waals surface area contributed by atoms with Crippen LogP contribution >= 0.6 is 0 Å². The summed E-state index contributed by atoms with van der Waals surface area (Å²) in [5.74, 6) is 6.90. The summed E-state index contributed by atoms with van der Waals surface area (Å²) >= 11 is 0. The van der Waals surface area contributed by atoms with Crippen molar-refractivity contribution in [3.8, 4) is 17.9 Å². The molecule has 0 saturated carbocycles. The van der Waals surface area contributed by atoms with Gasteiger partial charge >= 0.3 is 0 Å². The predicted octanol–water partition coefficient (Wildman–Crippen LogP) is 2.71. The Bertz CT molecular complexity index is 1130. The monoisotopic (exact) mass is 393 g/mol. The van der Waals surface area contributed by atoms with Gasteiger partial charge < -0.3 is 9.80 Å². The summed E-state index contributed by atoms with van der Waals surface area (Å²) in [5.41, 5.74) is 2.61. The van der Waals surface area contributed by atoms with Gasteiger partial charge in [-0.3, -0.25) is 4.79 Å². The summed E-state index contributed by atoms with van der Waals surface area (Å²) in [7, 11) is 0. The first kappa shape index (κ1) is 19.2. The van der Waals surface area contributed by atoms with E-state index in [-0.39, 0.29) is 5.91 Å². The van der Waals surface area contributed by atoms with Crippen molar-refractivity contribution in [3.05, 3.63) is 89.4 Å². The van der Waals surface area contributed by atoms with Crippen molar-refractivity contribution in [3.63, 3.8) is 0 Å². The van der Waals surface area contributed by atoms with Crippen LogP contribution in [0.15, 0.2) is 67.0 Å². The molecule has 1 aliphatic heterocycles. The molecule has 146 valence electrons. The maximum Gasteiger partial charge on any atom is 0.254 e. The third-order valence-corrected chi connectivity index (χ3v) is 4.88. The molecule has 1 amide bonds. The van der Waals surface area contributed by atoms with Gasteiger partial charge in [-0.05, 0) is 42.3 Å². The number of hydrogen-bond donors (Lipinski definition) is 0. The highest BCUT2D eigenvalue weighted by Crippen LogP contribution is 2.15. The average Bonchev–Trinajstić information content (AvgIpc) is 2.83. The van der Waals surface area contributed by atoms with Crippen LogP contribution in [0, 0.1) is 23.2 Å². The standard InChI is InChI=1S/C24H19N5O/c25-17-20-7-9-23(27-18-20)28-12-14-29(15-13-28)24(30)21-10-11-26-22(16-21)8-6-19-4-2-1-3-5-19/h1-5,7,9-11,16,18H,12-15H2. The van der Waals surface area contributed by atoms with Gasteiger partial charge in [-0.2, -0.15) is 5.26 Å². The number of carbonyl (C=O) groups excluding carboxylic acids is 1. The quantitative estimate of drug-likeness (QED) is 0.626. The van der Waals surface area contributed by atoms with Crippen LogP contribution in [0.4, 0.5) is 5.82 Å². The maximum atomic E-state index is 12.9. The lowest BCUT2D eigenvalue weighted by atomic mass is 10.1. The van der Waals surface area contributed by atoms with Gasteiger partial charge in [0.2, 0.25) is 0 Å². The van der Waals surface area contributed by atoms with Crippen LogP contribution in [-0.4, -0.2) is 47.0 Å². The van der Waals surface area contributed by atoms with Crippen LogP contribution in [0.25, 0.3) is 0 Å². The third-order valence-electron chi connectivity index (χ3n) is 4.88. The molecule has 0 aliphatic carbocycles. The molecule has 0 radical (unpaired) electrons. The first-order valence-electron chi connectivity index (χ1n) is 9.66. The lowest BCUT2D eigenvalue weighted by Crippen LogP contribution is -2.49. The molecular formula is C24H19N5O. The summed E-state index contributed by atoms with van der Waals surface area (Å²) < 4.78 is 0. The fourth-order valence-electron chi connectivity index (χ4n) is 3.25. The molecule has 1 aliphatic rings. The molecule has 0 spiro atoms. The lowest BCUT2D eigenvalue weighted by molar-refractivity contribution is 0.0746. The Morgan fingerprint density at radius 3 is 2.40 bits per heavy atom. The molecule has 2 aromatic heterocycles. The zero-order valence-corrected chi connectivity index (χ0v) is 16.3. The number of piperazine rings is 1. The van der Waals surface area contributed by atoms with E-state index in [9.17, 15) is 4.79 Å². The van der Waals surface area contributed by atoms with Gasteiger partial charge in [0.1, 0.15) is 17.6 Å². The highest BCUT2D eigenvalue weighted by molar-refractivity contribution is 5.94. The summed E-state index contributed by atoms with van der Waals surface area (Å²) in [5, 5.41) is 8.89. The van der Waals surface area contributed by atoms with Crippen molar-refractivity contribution in [2.45, 2.75) is 0 Å². The average molecular weight is 393 g/mol. The third kappa shape index (κ3) is 4.45. The van der Waals surface area contributed by atoms with Gasteiger partial charge in [-0.1, -0.05) is 24.1 Å². The van der Waals surface area contributed by atoms with Crippen molar-refractivity contribution in [2.24, 2.45) is 0 Å². The van der Waals surface area contributed by atoms with E-state index < -0.39 is 0 Å². The molecule has 1 fully saturated rings. The fraction of sp³-hybridized carbons (Fsp3) is 0.167. The van der Waals surface area contributed by atoms with E-state index in [0.717, 1.165) is 11.4 Å². The molecule has 30 heavy (non-hydrogen) atoms. The van der Waals surface area contributed by atoms with Gasteiger partial charge in [0.05, 0.1) is 5.56 Å². The van der Waals surface area contributed by atoms with E-state index in [0.29, 0.717) is 43.0 Å². The van der Waals surface area contributed by atoms with Gasteiger partial charge in [0.25, 0.3) is 5.91 Å². The number of rotatable bonds is 2. The Morgan fingerprint density at radius 2 is 1.70 bits per heavy atom. The van der Waals surface area contributed by atoms with Crippen LogP contribution in [0.1, 0.15) is 27.2 Å². The normalized spacial score (nSPS) is 13.2. The summed E-state index contributed by atoms with van der Waals surface area (Å²) in [4.78, 5) is 25.5. The van der Waals surface area contributed by atoms with E-state index in [4.69, 9.17) is 5.26 Å². The smallest absolute Gasteiger partial charge is 0.254 e. The molecule has 0 N–H and O–H groups in total. The van der Waals surface area contributed by atoms with Crippen molar-refractivity contribution >= 4 is 11.7 Å². The van der Waals surface area contributed by atoms with Crippen LogP contribution < -0.4 is 4.90 Å². The second-order valence-corrected chi connectivity index (χ2v) is 6.84. The number of benzene rings is 1. The number of nitriles is 1. The highest BCUT2D eigenvalue weighted by Gasteiger charge is 2.23. The summed E-state index contributed by atoms with van der Waals surface area (Å²) in [6, 6.07) is 18.8. The number of hydrogen-bond acceptors (Lipinski definition) is 5. The number of aromatic nitrogens is 2. The van der Waals surface area contributed by atoms with Crippen LogP contribution in [0.5, 0.6) is 0 Å². The van der Waals surface area contributed by atoms with Gasteiger partial charge in [-0.25, -0.2) is 9.97 Å². The van der Waals surface area contributed by atoms with Gasteiger partial charge in [0.15, 0.2) is 0 Å². The largest absolute Gasteiger partial charge is 0.353 e. The Balaban J connectivity index is 1.41. The molecule has 1 aromatic carbocycles. The molecular weight excluding hydrogens is 374 g/mol. The molecule has 6 nitrogen and oxygen atoms in total. The van der Waals surface area contributed by atoms with E-state index in [1.165, 1.54) is 0 Å². The molecule has 6 heteroatoms. The SMILES string of the molecule is N#Cc1ccc(N2CCN(C(=O)c3ccnc(C#Cc4ccccc4)c3)CC2)nc1. The molecule has 0 atom stereocenters. The van der Waals surface area contributed by atoms with Crippen molar-refractivity contribution in [1.29, 1.82) is 5.26 Å². The molecule has 0 unspecified atom stereocenters. The first-order valence-corrected chi connectivity index (χ1v) is 9.66. The number of amides is 1. The van der Waals surface area contributed by atoms with Crippen LogP contribution in [0.3, 0.4) is 0 Å². The van der Waals surface area contributed by atoms with Crippen molar-refractivity contribution < 1.29 is 4.79 Å². The molecule has 1 saturated heterocycles. The maximum absolute atomic E-state index is 12.9. The number of pyridine rings is 2. The van der Waals surface area contributed by atoms with E-state index in [1.807, 2.05) is 41.3 Å². The molecule has 4 rings (SSSR count). The summed E-state index contributed by atoms with van der Waals surface area (Å²) in [6.07, 6.45) is 3.20. The minimum atomic E-state index is -0.0207. The Kier molecular flexibility index (Phi) is 5.68. The van der Waals surface area contributed by atoms with E-state index in [1.54, 1.807) is 30.6 Å². The predicted molar refractivity (Wildman–Crippen MR) is 114 cm³/mol. The second kappa shape index (κ2) is 8.89. The molecule has 3 heterocycles. The van der Waals surface area contributed by atoms with Crippen LogP contribution in [-0.2, 0) is 0 Å². The number of nitrogens with zero attached hydrogens (tertiary/aromatic N) is 5. The van der Waals surface area contributed by atoms with Gasteiger partial charge in [-0.15, -0.1) is 0 Å². The number of carbonyl (C=O) groups is 1. The second-order valence-electron chi connectivity index (χ2n) is 6.84.